The van der Waals surface area contributed by atoms with Crippen molar-refractivity contribution in [2.24, 2.45) is 51.9 Å². The van der Waals surface area contributed by atoms with Crippen LogP contribution in [0.5, 0.6) is 0 Å². The zero-order valence-electron chi connectivity index (χ0n) is 42.0. The summed E-state index contributed by atoms with van der Waals surface area (Å²) in [7, 11) is 3.07. The predicted molar refractivity (Wildman–Crippen MR) is 292 cm³/mol. The number of nitrogens with zero attached hydrogens (tertiary/aromatic N) is 8. The van der Waals surface area contributed by atoms with Crippen LogP contribution in [0, 0.1) is 51.4 Å². The first-order chi connectivity index (χ1) is 35.6. The van der Waals surface area contributed by atoms with Crippen LogP contribution < -0.4 is 38.4 Å². The summed E-state index contributed by atoms with van der Waals surface area (Å²) in [5.41, 5.74) is 2.00. The molecule has 10 rings (SSSR count). The molecule has 3 N–H and O–H groups in total. The van der Waals surface area contributed by atoms with Crippen molar-refractivity contribution in [2.75, 3.05) is 28.5 Å². The summed E-state index contributed by atoms with van der Waals surface area (Å²) in [4.78, 5) is 106. The minimum absolute atomic E-state index is 0.00371. The van der Waals surface area contributed by atoms with Crippen LogP contribution in [0.2, 0.25) is 0 Å². The number of aryl methyl sites for hydroxylation is 2. The first-order valence-electron chi connectivity index (χ1n) is 24.0. The van der Waals surface area contributed by atoms with Crippen LogP contribution in [0.25, 0.3) is 22.3 Å². The molecule has 0 radical (unpaired) electrons. The minimum Gasteiger partial charge on any atom is -0.326 e. The Morgan fingerprint density at radius 2 is 1.03 bits per heavy atom. The van der Waals surface area contributed by atoms with Crippen LogP contribution in [-0.2, 0) is 88.5 Å². The van der Waals surface area contributed by atoms with E-state index in [1.807, 2.05) is 30.3 Å². The number of carbonyl (C=O) groups is 4. The summed E-state index contributed by atoms with van der Waals surface area (Å²) in [5, 5.41) is 9.15. The highest BCUT2D eigenvalue weighted by molar-refractivity contribution is 14.1. The Balaban J connectivity index is 0.000000165. The van der Waals surface area contributed by atoms with Crippen molar-refractivity contribution in [2.45, 2.75) is 81.2 Å². The molecular weight excluding hydrogens is 1120 g/mol. The van der Waals surface area contributed by atoms with Gasteiger partial charge in [0.05, 0.1) is 34.7 Å². The Hall–Kier alpha value is -7.03. The van der Waals surface area contributed by atoms with Gasteiger partial charge in [0.2, 0.25) is 28.0 Å². The molecule has 4 aliphatic rings. The molecule has 0 bridgehead atoms. The summed E-state index contributed by atoms with van der Waals surface area (Å²) in [5.74, 6) is 9.17. The van der Waals surface area contributed by atoms with Gasteiger partial charge in [-0.25, -0.2) is 19.6 Å². The number of nitrogens with one attached hydrogen (secondary N) is 3. The van der Waals surface area contributed by atoms with Gasteiger partial charge in [0.15, 0.2) is 22.3 Å². The van der Waals surface area contributed by atoms with Crippen LogP contribution in [0.1, 0.15) is 62.5 Å². The number of rotatable bonds is 13. The highest BCUT2D eigenvalue weighted by atomic mass is 127. The number of aromatic nitrogens is 8. The molecular formula is C51H54IN11O10S2. The smallest absolute Gasteiger partial charge is 0.326 e. The van der Waals surface area contributed by atoms with Gasteiger partial charge in [0.25, 0.3) is 11.1 Å². The molecule has 0 saturated heterocycles. The third-order valence-corrected chi connectivity index (χ3v) is 15.2. The number of ketones is 1. The highest BCUT2D eigenvalue weighted by Crippen LogP contribution is 2.34. The summed E-state index contributed by atoms with van der Waals surface area (Å²) < 4.78 is 32.0. The molecule has 2 atom stereocenters. The largest absolute Gasteiger partial charge is 0.333 e. The zero-order valence-corrected chi connectivity index (χ0v) is 45.8. The van der Waals surface area contributed by atoms with Gasteiger partial charge in [-0.15, -0.1) is 6.42 Å². The molecule has 4 heterocycles. The first kappa shape index (κ1) is 54.2. The Morgan fingerprint density at radius 1 is 0.613 bits per heavy atom. The fraction of sp³-hybridized carbons (Fsp3) is 0.412. The van der Waals surface area contributed by atoms with E-state index in [0.717, 1.165) is 81.0 Å². The van der Waals surface area contributed by atoms with E-state index in [-0.39, 0.29) is 99.3 Å². The maximum atomic E-state index is 12.9. The van der Waals surface area contributed by atoms with E-state index < -0.39 is 44.1 Å². The molecule has 2 aromatic carbocycles. The summed E-state index contributed by atoms with van der Waals surface area (Å²) in [6.07, 6.45) is 16.0. The van der Waals surface area contributed by atoms with Gasteiger partial charge in [-0.2, -0.15) is 0 Å². The molecule has 21 nitrogen and oxygen atoms in total. The van der Waals surface area contributed by atoms with E-state index in [1.54, 1.807) is 20.2 Å². The molecule has 392 valence electrons. The number of hydrogen-bond acceptors (Lipinski definition) is 12. The molecule has 6 aromatic rings. The topological polar surface area (TPSA) is 262 Å². The monoisotopic (exact) mass is 1170 g/mol. The molecule has 75 heavy (non-hydrogen) atoms. The fourth-order valence-corrected chi connectivity index (χ4v) is 10.2. The molecule has 3 amide bonds. The summed E-state index contributed by atoms with van der Waals surface area (Å²) in [6, 6.07) is 11.0. The Labute approximate surface area is 447 Å². The van der Waals surface area contributed by atoms with Crippen LogP contribution in [0.15, 0.2) is 65.9 Å². The van der Waals surface area contributed by atoms with E-state index in [4.69, 9.17) is 6.42 Å². The number of carbonyl (C=O) groups excluding carboxylic acids is 4. The average Bonchev–Trinajstić information content (AvgIpc) is 4.13. The van der Waals surface area contributed by atoms with Gasteiger partial charge in [0, 0.05) is 97.0 Å². The van der Waals surface area contributed by atoms with Crippen molar-refractivity contribution in [1.82, 2.24) is 37.4 Å². The van der Waals surface area contributed by atoms with Crippen molar-refractivity contribution in [3.8, 4) is 24.2 Å². The molecule has 4 aliphatic carbocycles. The average molecular weight is 1170 g/mol. The number of halogens is 1. The number of anilines is 3. The lowest BCUT2D eigenvalue weighted by Gasteiger charge is -2.09. The number of imidazole rings is 2. The second kappa shape index (κ2) is 22.4. The molecule has 4 saturated carbocycles. The molecule has 0 spiro atoms. The fourth-order valence-electron chi connectivity index (χ4n) is 8.12. The second-order valence-corrected chi connectivity index (χ2v) is 22.8. The molecule has 0 aliphatic heterocycles. The van der Waals surface area contributed by atoms with Crippen LogP contribution >= 0.6 is 22.6 Å². The molecule has 4 fully saturated rings. The quantitative estimate of drug-likeness (QED) is 0.111. The normalized spacial score (nSPS) is 15.5. The Bertz CT molecular complexity index is 3690. The minimum atomic E-state index is -1.46. The number of fused-ring (bicyclic) bond motifs is 2. The van der Waals surface area contributed by atoms with E-state index in [1.165, 1.54) is 44.9 Å². The van der Waals surface area contributed by atoms with Gasteiger partial charge in [-0.3, -0.25) is 55.5 Å². The van der Waals surface area contributed by atoms with Gasteiger partial charge in [-0.05, 0) is 116 Å². The van der Waals surface area contributed by atoms with E-state index in [0.29, 0.717) is 11.3 Å². The van der Waals surface area contributed by atoms with Gasteiger partial charge >= 0.3 is 11.4 Å². The van der Waals surface area contributed by atoms with E-state index in [9.17, 15) is 46.8 Å². The summed E-state index contributed by atoms with van der Waals surface area (Å²) in [6.45, 7) is -0.0679. The van der Waals surface area contributed by atoms with Crippen LogP contribution in [-0.4, -0.2) is 81.8 Å². The van der Waals surface area contributed by atoms with Crippen LogP contribution in [0.3, 0.4) is 0 Å². The predicted octanol–water partition coefficient (Wildman–Crippen LogP) is 2.89. The van der Waals surface area contributed by atoms with Crippen molar-refractivity contribution >= 4 is 107 Å². The Kier molecular flexibility index (Phi) is 16.2. The lowest BCUT2D eigenvalue weighted by atomic mass is 10.0. The number of terminal acetylenes is 1. The van der Waals surface area contributed by atoms with Crippen molar-refractivity contribution in [1.29, 1.82) is 0 Å². The molecule has 24 heteroatoms. The summed E-state index contributed by atoms with van der Waals surface area (Å²) >= 11 is 2.19. The van der Waals surface area contributed by atoms with E-state index in [2.05, 4.69) is 66.3 Å². The van der Waals surface area contributed by atoms with Gasteiger partial charge in [-0.1, -0.05) is 17.8 Å². The standard InChI is InChI=1S/C26H27N5O5S.C14H15IN2O2.C11H12N4O3S/c1-29-21-22(28-25(29)37(3)36)31(26(35)30(2)24(21)34)10-4-5-15-11-16(14-20(32)17-6-7-17)13-19(12-15)27-23(33)18-8-9-18;15-10-5-11(16-13(18)8-1-2-8)7-12(6-10)17-14(19)9-3-4-9;1-5-6-15-8-7(9(16)14(3)11(15)17)13(2)10(12-8)19(4)18/h11-13,17-18H,6-10,14H2,1-3H3,(H,27,33);5-9H,1-4H2,(H,16,18)(H,17,19);1H,6H2,2-4H3. The lowest BCUT2D eigenvalue weighted by Crippen LogP contribution is -2.38. The second-order valence-electron chi connectivity index (χ2n) is 19.0. The maximum Gasteiger partial charge on any atom is 0.333 e. The number of hydrogen-bond donors (Lipinski definition) is 3. The third kappa shape index (κ3) is 12.6. The number of Topliss-reactive ketones (excluding diaryl/α,β-unsaturated/α-hetero) is 1. The highest BCUT2D eigenvalue weighted by Gasteiger charge is 2.33. The van der Waals surface area contributed by atoms with Crippen molar-refractivity contribution in [3.63, 3.8) is 0 Å². The maximum absolute atomic E-state index is 12.9. The third-order valence-electron chi connectivity index (χ3n) is 12.8. The molecule has 2 unspecified atom stereocenters. The van der Waals surface area contributed by atoms with Crippen molar-refractivity contribution in [3.05, 3.63) is 92.8 Å². The molecule has 4 aromatic heterocycles. The zero-order chi connectivity index (χ0) is 54.2. The van der Waals surface area contributed by atoms with Gasteiger partial charge in [0.1, 0.15) is 5.78 Å². The van der Waals surface area contributed by atoms with Crippen molar-refractivity contribution < 1.29 is 27.6 Å². The first-order valence-corrected chi connectivity index (χ1v) is 28.2. The van der Waals surface area contributed by atoms with E-state index >= 15 is 0 Å². The SMILES string of the molecule is C#CCn1c(=O)n(C)c(=O)c2c1nc(S(C)=O)n2C.Cn1c(=O)c2c(nc(S(C)=O)n2C)n(CC#Cc2cc(CC(=O)C3CC3)cc(NC(=O)C3CC3)c2)c1=O.O=C(Nc1cc(I)cc(NC(=O)C2CC2)c1)C1CC1. The van der Waals surface area contributed by atoms with Crippen LogP contribution in [0.4, 0.5) is 17.1 Å². The number of amides is 3. The number of benzene rings is 2. The van der Waals surface area contributed by atoms with Gasteiger partial charge < -0.3 is 25.1 Å². The lowest BCUT2D eigenvalue weighted by molar-refractivity contribution is -0.120. The Morgan fingerprint density at radius 3 is 1.43 bits per heavy atom.